The van der Waals surface area contributed by atoms with E-state index in [0.29, 0.717) is 29.5 Å². The number of aromatic nitrogens is 3. The van der Waals surface area contributed by atoms with Gasteiger partial charge in [0, 0.05) is 18.7 Å². The molecule has 172 valence electrons. The molecule has 0 radical (unpaired) electrons. The summed E-state index contributed by atoms with van der Waals surface area (Å²) >= 11 is 1.31. The van der Waals surface area contributed by atoms with Crippen molar-refractivity contribution in [3.63, 3.8) is 0 Å². The molecule has 0 aliphatic carbocycles. The predicted octanol–water partition coefficient (Wildman–Crippen LogP) is 4.63. The molecule has 8 heteroatoms. The smallest absolute Gasteiger partial charge is 0.253 e. The van der Waals surface area contributed by atoms with Crippen LogP contribution in [-0.4, -0.2) is 32.3 Å². The van der Waals surface area contributed by atoms with Crippen LogP contribution in [0.5, 0.6) is 0 Å². The van der Waals surface area contributed by atoms with Gasteiger partial charge in [-0.25, -0.2) is 0 Å². The molecule has 1 heterocycles. The van der Waals surface area contributed by atoms with Crippen LogP contribution in [0.1, 0.15) is 22.8 Å². The van der Waals surface area contributed by atoms with Crippen molar-refractivity contribution < 1.29 is 9.59 Å². The molecule has 0 aliphatic rings. The van der Waals surface area contributed by atoms with E-state index in [9.17, 15) is 9.59 Å². The summed E-state index contributed by atoms with van der Waals surface area (Å²) in [5.74, 6) is 0.449. The van der Waals surface area contributed by atoms with Crippen molar-refractivity contribution in [2.24, 2.45) is 0 Å². The highest BCUT2D eigenvalue weighted by Gasteiger charge is 2.16. The third-order valence-corrected chi connectivity index (χ3v) is 6.11. The Bertz CT molecular complexity index is 1260. The van der Waals surface area contributed by atoms with E-state index in [0.717, 1.165) is 17.0 Å². The SMILES string of the molecule is CCn1c(SCC(=O)Nc2ccccc2C(=O)NCc2ccccc2)nnc1-c1ccccc1. The molecule has 0 saturated heterocycles. The monoisotopic (exact) mass is 471 g/mol. The Kier molecular flexibility index (Phi) is 7.72. The number of rotatable bonds is 9. The van der Waals surface area contributed by atoms with E-state index in [2.05, 4.69) is 20.8 Å². The molecule has 3 aromatic carbocycles. The lowest BCUT2D eigenvalue weighted by molar-refractivity contribution is -0.113. The molecule has 4 aromatic rings. The average Bonchev–Trinajstić information content (AvgIpc) is 3.30. The van der Waals surface area contributed by atoms with Crippen LogP contribution in [0.4, 0.5) is 5.69 Å². The number of amides is 2. The number of hydrogen-bond acceptors (Lipinski definition) is 5. The Labute approximate surface area is 202 Å². The Morgan fingerprint density at radius 2 is 1.56 bits per heavy atom. The van der Waals surface area contributed by atoms with E-state index in [1.165, 1.54) is 11.8 Å². The molecule has 2 amide bonds. The third kappa shape index (κ3) is 5.71. The van der Waals surface area contributed by atoms with Gasteiger partial charge in [0.1, 0.15) is 0 Å². The molecule has 34 heavy (non-hydrogen) atoms. The van der Waals surface area contributed by atoms with Gasteiger partial charge in [-0.3, -0.25) is 9.59 Å². The van der Waals surface area contributed by atoms with Crippen molar-refractivity contribution in [1.82, 2.24) is 20.1 Å². The number of thioether (sulfide) groups is 1. The second-order valence-electron chi connectivity index (χ2n) is 7.47. The van der Waals surface area contributed by atoms with Crippen LogP contribution in [0.3, 0.4) is 0 Å². The van der Waals surface area contributed by atoms with Gasteiger partial charge in [0.2, 0.25) is 5.91 Å². The third-order valence-electron chi connectivity index (χ3n) is 5.14. The number of benzene rings is 3. The van der Waals surface area contributed by atoms with Crippen molar-refractivity contribution in [2.75, 3.05) is 11.1 Å². The maximum atomic E-state index is 12.7. The molecule has 0 unspecified atom stereocenters. The number of para-hydroxylation sites is 1. The van der Waals surface area contributed by atoms with E-state index in [-0.39, 0.29) is 17.6 Å². The van der Waals surface area contributed by atoms with Gasteiger partial charge in [0.15, 0.2) is 11.0 Å². The molecule has 0 saturated carbocycles. The largest absolute Gasteiger partial charge is 0.348 e. The number of carbonyl (C=O) groups is 2. The molecular weight excluding hydrogens is 446 g/mol. The molecule has 4 rings (SSSR count). The van der Waals surface area contributed by atoms with Crippen molar-refractivity contribution in [3.05, 3.63) is 96.1 Å². The Balaban J connectivity index is 1.39. The summed E-state index contributed by atoms with van der Waals surface area (Å²) in [5, 5.41) is 15.0. The molecule has 2 N–H and O–H groups in total. The fourth-order valence-electron chi connectivity index (χ4n) is 3.46. The number of hydrogen-bond donors (Lipinski definition) is 2. The van der Waals surface area contributed by atoms with Gasteiger partial charge >= 0.3 is 0 Å². The van der Waals surface area contributed by atoms with Gasteiger partial charge in [0.05, 0.1) is 17.0 Å². The Hall–Kier alpha value is -3.91. The summed E-state index contributed by atoms with van der Waals surface area (Å²) in [5.41, 5.74) is 2.87. The number of nitrogens with one attached hydrogen (secondary N) is 2. The van der Waals surface area contributed by atoms with Crippen LogP contribution in [0.15, 0.2) is 90.1 Å². The summed E-state index contributed by atoms with van der Waals surface area (Å²) in [7, 11) is 0. The van der Waals surface area contributed by atoms with Gasteiger partial charge in [-0.1, -0.05) is 84.6 Å². The summed E-state index contributed by atoms with van der Waals surface area (Å²) in [6.45, 7) is 3.12. The number of carbonyl (C=O) groups excluding carboxylic acids is 2. The van der Waals surface area contributed by atoms with Crippen LogP contribution in [-0.2, 0) is 17.9 Å². The van der Waals surface area contributed by atoms with Crippen molar-refractivity contribution in [1.29, 1.82) is 0 Å². The quantitative estimate of drug-likeness (QED) is 0.348. The average molecular weight is 472 g/mol. The van der Waals surface area contributed by atoms with E-state index in [4.69, 9.17) is 0 Å². The molecule has 0 atom stereocenters. The van der Waals surface area contributed by atoms with Gasteiger partial charge in [0.25, 0.3) is 5.91 Å². The maximum Gasteiger partial charge on any atom is 0.253 e. The molecule has 1 aromatic heterocycles. The summed E-state index contributed by atoms with van der Waals surface area (Å²) in [6, 6.07) is 26.5. The first-order valence-electron chi connectivity index (χ1n) is 11.0. The zero-order chi connectivity index (χ0) is 23.8. The predicted molar refractivity (Wildman–Crippen MR) is 135 cm³/mol. The van der Waals surface area contributed by atoms with E-state index >= 15 is 0 Å². The van der Waals surface area contributed by atoms with E-state index in [1.807, 2.05) is 72.2 Å². The zero-order valence-electron chi connectivity index (χ0n) is 18.8. The highest BCUT2D eigenvalue weighted by atomic mass is 32.2. The van der Waals surface area contributed by atoms with Crippen LogP contribution >= 0.6 is 11.8 Å². The molecule has 0 aliphatic heterocycles. The molecule has 0 bridgehead atoms. The standard InChI is InChI=1S/C26H25N5O2S/c1-2-31-24(20-13-7-4-8-14-20)29-30-26(31)34-18-23(32)28-22-16-10-9-15-21(22)25(33)27-17-19-11-5-3-6-12-19/h3-16H,2,17-18H2,1H3,(H,27,33)(H,28,32). The first-order valence-corrected chi connectivity index (χ1v) is 12.0. The van der Waals surface area contributed by atoms with Gasteiger partial charge in [-0.15, -0.1) is 10.2 Å². The Morgan fingerprint density at radius 3 is 2.29 bits per heavy atom. The number of nitrogens with zero attached hydrogens (tertiary/aromatic N) is 3. The minimum atomic E-state index is -0.245. The van der Waals surface area contributed by atoms with Crippen molar-refractivity contribution in [2.45, 2.75) is 25.2 Å². The van der Waals surface area contributed by atoms with Gasteiger partial charge in [-0.05, 0) is 24.6 Å². The second kappa shape index (κ2) is 11.3. The molecular formula is C26H25N5O2S. The first-order chi connectivity index (χ1) is 16.7. The maximum absolute atomic E-state index is 12.7. The topological polar surface area (TPSA) is 88.9 Å². The van der Waals surface area contributed by atoms with Crippen LogP contribution in [0, 0.1) is 0 Å². The lowest BCUT2D eigenvalue weighted by Crippen LogP contribution is -2.25. The zero-order valence-corrected chi connectivity index (χ0v) is 19.6. The fourth-order valence-corrected chi connectivity index (χ4v) is 4.26. The minimum Gasteiger partial charge on any atom is -0.348 e. The second-order valence-corrected chi connectivity index (χ2v) is 8.41. The normalized spacial score (nSPS) is 10.6. The highest BCUT2D eigenvalue weighted by molar-refractivity contribution is 7.99. The van der Waals surface area contributed by atoms with E-state index in [1.54, 1.807) is 24.3 Å². The first kappa shape index (κ1) is 23.3. The van der Waals surface area contributed by atoms with Crippen molar-refractivity contribution >= 4 is 29.3 Å². The van der Waals surface area contributed by atoms with Gasteiger partial charge < -0.3 is 15.2 Å². The summed E-state index contributed by atoms with van der Waals surface area (Å²) in [4.78, 5) is 25.4. The molecule has 7 nitrogen and oxygen atoms in total. The van der Waals surface area contributed by atoms with Gasteiger partial charge in [-0.2, -0.15) is 0 Å². The fraction of sp³-hybridized carbons (Fsp3) is 0.154. The highest BCUT2D eigenvalue weighted by Crippen LogP contribution is 2.24. The van der Waals surface area contributed by atoms with Crippen LogP contribution < -0.4 is 10.6 Å². The van der Waals surface area contributed by atoms with Crippen molar-refractivity contribution in [3.8, 4) is 11.4 Å². The molecule has 0 spiro atoms. The lowest BCUT2D eigenvalue weighted by atomic mass is 10.1. The summed E-state index contributed by atoms with van der Waals surface area (Å²) in [6.07, 6.45) is 0. The van der Waals surface area contributed by atoms with Crippen LogP contribution in [0.25, 0.3) is 11.4 Å². The number of anilines is 1. The Morgan fingerprint density at radius 1 is 0.882 bits per heavy atom. The van der Waals surface area contributed by atoms with E-state index < -0.39 is 0 Å². The minimum absolute atomic E-state index is 0.146. The summed E-state index contributed by atoms with van der Waals surface area (Å²) < 4.78 is 1.98. The van der Waals surface area contributed by atoms with Crippen LogP contribution in [0.2, 0.25) is 0 Å². The lowest BCUT2D eigenvalue weighted by Gasteiger charge is -2.12. The molecule has 0 fully saturated rings.